The first-order valence-electron chi connectivity index (χ1n) is 6.80. The van der Waals surface area contributed by atoms with Gasteiger partial charge in [-0.05, 0) is 38.3 Å². The molecule has 0 saturated heterocycles. The van der Waals surface area contributed by atoms with Gasteiger partial charge >= 0.3 is 0 Å². The molecule has 3 heteroatoms. The Morgan fingerprint density at radius 3 is 2.67 bits per heavy atom. The van der Waals surface area contributed by atoms with Gasteiger partial charge in [-0.3, -0.25) is 0 Å². The summed E-state index contributed by atoms with van der Waals surface area (Å²) in [6.07, 6.45) is 4.12. The fourth-order valence-electron chi connectivity index (χ4n) is 2.12. The smallest absolute Gasteiger partial charge is 0.123 e. The lowest BCUT2D eigenvalue weighted by atomic mass is 10.0. The first-order chi connectivity index (χ1) is 8.83. The maximum atomic E-state index is 8.73. The van der Waals surface area contributed by atoms with Crippen LogP contribution < -0.4 is 10.1 Å². The molecule has 0 aliphatic heterocycles. The van der Waals surface area contributed by atoms with Gasteiger partial charge in [-0.2, -0.15) is 0 Å². The summed E-state index contributed by atoms with van der Waals surface area (Å²) in [5, 5.41) is 12.3. The van der Waals surface area contributed by atoms with Gasteiger partial charge in [0.15, 0.2) is 0 Å². The lowest BCUT2D eigenvalue weighted by Crippen LogP contribution is -2.22. The largest absolute Gasteiger partial charge is 0.496 e. The molecule has 1 aromatic rings. The third-order valence-electron chi connectivity index (χ3n) is 3.15. The van der Waals surface area contributed by atoms with Gasteiger partial charge in [-0.1, -0.05) is 25.1 Å². The van der Waals surface area contributed by atoms with Crippen LogP contribution in [0.2, 0.25) is 0 Å². The molecule has 0 aromatic heterocycles. The van der Waals surface area contributed by atoms with E-state index < -0.39 is 0 Å². The lowest BCUT2D eigenvalue weighted by molar-refractivity contribution is 0.282. The molecule has 18 heavy (non-hydrogen) atoms. The highest BCUT2D eigenvalue weighted by Gasteiger charge is 2.12. The molecular weight excluding hydrogens is 226 g/mol. The summed E-state index contributed by atoms with van der Waals surface area (Å²) in [7, 11) is 1.72. The Hall–Kier alpha value is -1.06. The summed E-state index contributed by atoms with van der Waals surface area (Å²) in [5.74, 6) is 0.951. The van der Waals surface area contributed by atoms with Crippen LogP contribution in [0.15, 0.2) is 24.3 Å². The topological polar surface area (TPSA) is 41.5 Å². The second kappa shape index (κ2) is 8.95. The van der Waals surface area contributed by atoms with E-state index in [0.29, 0.717) is 12.6 Å². The Labute approximate surface area is 110 Å². The molecule has 1 rings (SSSR count). The Balaban J connectivity index is 2.49. The van der Waals surface area contributed by atoms with Crippen LogP contribution >= 0.6 is 0 Å². The summed E-state index contributed by atoms with van der Waals surface area (Å²) >= 11 is 0. The Bertz CT molecular complexity index is 328. The molecule has 102 valence electrons. The number of hydrogen-bond acceptors (Lipinski definition) is 3. The van der Waals surface area contributed by atoms with E-state index in [9.17, 15) is 0 Å². The summed E-state index contributed by atoms with van der Waals surface area (Å²) in [4.78, 5) is 0. The third-order valence-corrected chi connectivity index (χ3v) is 3.15. The predicted octanol–water partition coefficient (Wildman–Crippen LogP) is 2.90. The number of nitrogens with one attached hydrogen (secondary N) is 1. The van der Waals surface area contributed by atoms with E-state index in [1.165, 1.54) is 5.56 Å². The lowest BCUT2D eigenvalue weighted by Gasteiger charge is -2.19. The van der Waals surface area contributed by atoms with Crippen LogP contribution in [0.3, 0.4) is 0 Å². The van der Waals surface area contributed by atoms with Crippen LogP contribution in [0.25, 0.3) is 0 Å². The minimum atomic E-state index is 0.295. The Morgan fingerprint density at radius 1 is 1.22 bits per heavy atom. The number of unbranched alkanes of at least 4 members (excludes halogenated alkanes) is 2. The summed E-state index contributed by atoms with van der Waals surface area (Å²) in [5.41, 5.74) is 1.23. The van der Waals surface area contributed by atoms with Gasteiger partial charge in [-0.25, -0.2) is 0 Å². The molecule has 0 amide bonds. The Morgan fingerprint density at radius 2 is 2.00 bits per heavy atom. The van der Waals surface area contributed by atoms with E-state index in [0.717, 1.165) is 38.0 Å². The molecule has 0 radical (unpaired) electrons. The molecule has 1 aromatic carbocycles. The number of para-hydroxylation sites is 1. The molecule has 0 aliphatic rings. The third kappa shape index (κ3) is 4.67. The van der Waals surface area contributed by atoms with E-state index in [1.54, 1.807) is 7.11 Å². The van der Waals surface area contributed by atoms with Crippen LogP contribution in [-0.2, 0) is 0 Å². The molecule has 1 atom stereocenters. The normalized spacial score (nSPS) is 12.4. The predicted molar refractivity (Wildman–Crippen MR) is 75.0 cm³/mol. The molecule has 0 heterocycles. The van der Waals surface area contributed by atoms with E-state index in [4.69, 9.17) is 9.84 Å². The zero-order chi connectivity index (χ0) is 13.2. The van der Waals surface area contributed by atoms with Crippen molar-refractivity contribution in [2.24, 2.45) is 0 Å². The van der Waals surface area contributed by atoms with Crippen molar-refractivity contribution in [1.82, 2.24) is 5.32 Å². The molecule has 3 nitrogen and oxygen atoms in total. The maximum absolute atomic E-state index is 8.73. The second-order valence-electron chi connectivity index (χ2n) is 4.44. The second-order valence-corrected chi connectivity index (χ2v) is 4.44. The highest BCUT2D eigenvalue weighted by molar-refractivity contribution is 5.35. The number of rotatable bonds is 9. The SMILES string of the molecule is CCC(NCCCCCO)c1ccccc1OC. The van der Waals surface area contributed by atoms with Gasteiger partial charge in [0, 0.05) is 18.2 Å². The standard InChI is InChI=1S/C15H25NO2/c1-3-14(16-11-7-4-8-12-17)13-9-5-6-10-15(13)18-2/h5-6,9-10,14,16-17H,3-4,7-8,11-12H2,1-2H3. The number of hydrogen-bond donors (Lipinski definition) is 2. The summed E-state index contributed by atoms with van der Waals surface area (Å²) < 4.78 is 5.40. The molecule has 2 N–H and O–H groups in total. The average Bonchev–Trinajstić information content (AvgIpc) is 2.43. The van der Waals surface area contributed by atoms with Crippen LogP contribution in [0.1, 0.15) is 44.2 Å². The number of benzene rings is 1. The van der Waals surface area contributed by atoms with Crippen molar-refractivity contribution >= 4 is 0 Å². The number of ether oxygens (including phenoxy) is 1. The van der Waals surface area contributed by atoms with Crippen molar-refractivity contribution in [3.8, 4) is 5.75 Å². The van der Waals surface area contributed by atoms with Gasteiger partial charge in [0.1, 0.15) is 5.75 Å². The van der Waals surface area contributed by atoms with E-state index in [1.807, 2.05) is 18.2 Å². The molecular formula is C15H25NO2. The maximum Gasteiger partial charge on any atom is 0.123 e. The zero-order valence-electron chi connectivity index (χ0n) is 11.5. The van der Waals surface area contributed by atoms with Crippen molar-refractivity contribution in [3.05, 3.63) is 29.8 Å². The van der Waals surface area contributed by atoms with Gasteiger partial charge in [-0.15, -0.1) is 0 Å². The minimum Gasteiger partial charge on any atom is -0.496 e. The van der Waals surface area contributed by atoms with E-state index in [-0.39, 0.29) is 0 Å². The highest BCUT2D eigenvalue weighted by atomic mass is 16.5. The number of aliphatic hydroxyl groups is 1. The molecule has 0 saturated carbocycles. The van der Waals surface area contributed by atoms with Gasteiger partial charge < -0.3 is 15.2 Å². The number of aliphatic hydroxyl groups excluding tert-OH is 1. The summed E-state index contributed by atoms with van der Waals surface area (Å²) in [6, 6.07) is 8.51. The fourth-order valence-corrected chi connectivity index (χ4v) is 2.12. The summed E-state index contributed by atoms with van der Waals surface area (Å²) in [6.45, 7) is 3.46. The van der Waals surface area contributed by atoms with Gasteiger partial charge in [0.05, 0.1) is 7.11 Å². The van der Waals surface area contributed by atoms with Gasteiger partial charge in [0.25, 0.3) is 0 Å². The van der Waals surface area contributed by atoms with Crippen molar-refractivity contribution in [3.63, 3.8) is 0 Å². The van der Waals surface area contributed by atoms with Crippen molar-refractivity contribution in [1.29, 1.82) is 0 Å². The van der Waals surface area contributed by atoms with Crippen molar-refractivity contribution in [2.45, 2.75) is 38.6 Å². The molecule has 0 bridgehead atoms. The van der Waals surface area contributed by atoms with E-state index >= 15 is 0 Å². The zero-order valence-corrected chi connectivity index (χ0v) is 11.5. The Kier molecular flexibility index (Phi) is 7.46. The molecule has 0 spiro atoms. The first kappa shape index (κ1) is 15.0. The highest BCUT2D eigenvalue weighted by Crippen LogP contribution is 2.26. The minimum absolute atomic E-state index is 0.295. The molecule has 0 fully saturated rings. The van der Waals surface area contributed by atoms with Crippen LogP contribution in [0, 0.1) is 0 Å². The monoisotopic (exact) mass is 251 g/mol. The van der Waals surface area contributed by atoms with Gasteiger partial charge in [0.2, 0.25) is 0 Å². The van der Waals surface area contributed by atoms with Crippen molar-refractivity contribution in [2.75, 3.05) is 20.3 Å². The first-order valence-corrected chi connectivity index (χ1v) is 6.80. The average molecular weight is 251 g/mol. The van der Waals surface area contributed by atoms with Crippen LogP contribution in [-0.4, -0.2) is 25.4 Å². The van der Waals surface area contributed by atoms with Crippen molar-refractivity contribution < 1.29 is 9.84 Å². The fraction of sp³-hybridized carbons (Fsp3) is 0.600. The van der Waals surface area contributed by atoms with E-state index in [2.05, 4.69) is 18.3 Å². The number of methoxy groups -OCH3 is 1. The van der Waals surface area contributed by atoms with Crippen LogP contribution in [0.4, 0.5) is 0 Å². The molecule has 0 aliphatic carbocycles. The van der Waals surface area contributed by atoms with Crippen LogP contribution in [0.5, 0.6) is 5.75 Å². The quantitative estimate of drug-likeness (QED) is 0.663. The molecule has 1 unspecified atom stereocenters.